The molecule has 2 heterocycles. The molecule has 2 N–H and O–H groups in total. The first-order valence-electron chi connectivity index (χ1n) is 7.11. The maximum Gasteiger partial charge on any atom is 0.254 e. The lowest BCUT2D eigenvalue weighted by atomic mass is 10.2. The summed E-state index contributed by atoms with van der Waals surface area (Å²) in [4.78, 5) is 20.4. The first-order valence-corrected chi connectivity index (χ1v) is 7.11. The van der Waals surface area contributed by atoms with Gasteiger partial charge in [-0.2, -0.15) is 0 Å². The van der Waals surface area contributed by atoms with Crippen LogP contribution < -0.4 is 5.32 Å². The molecule has 2 aromatic heterocycles. The van der Waals surface area contributed by atoms with E-state index in [1.807, 2.05) is 30.3 Å². The number of aliphatic hydroxyl groups excluding tert-OH is 1. The molecule has 0 aliphatic rings. The number of benzene rings is 1. The summed E-state index contributed by atoms with van der Waals surface area (Å²) < 4.78 is 5.07. The van der Waals surface area contributed by atoms with E-state index in [1.165, 1.54) is 18.7 Å². The molecule has 0 radical (unpaired) electrons. The van der Waals surface area contributed by atoms with Crippen LogP contribution in [0.15, 0.2) is 65.5 Å². The van der Waals surface area contributed by atoms with Crippen molar-refractivity contribution in [3.05, 3.63) is 72.4 Å². The van der Waals surface area contributed by atoms with Gasteiger partial charge in [-0.15, -0.1) is 0 Å². The zero-order valence-corrected chi connectivity index (χ0v) is 12.2. The van der Waals surface area contributed by atoms with Crippen molar-refractivity contribution in [3.8, 4) is 11.4 Å². The number of amides is 1. The van der Waals surface area contributed by atoms with Gasteiger partial charge in [0.25, 0.3) is 5.91 Å². The van der Waals surface area contributed by atoms with Gasteiger partial charge in [0.2, 0.25) is 0 Å². The fourth-order valence-corrected chi connectivity index (χ4v) is 2.05. The van der Waals surface area contributed by atoms with Crippen molar-refractivity contribution >= 4 is 5.91 Å². The first kappa shape index (κ1) is 14.9. The van der Waals surface area contributed by atoms with E-state index in [0.29, 0.717) is 17.1 Å². The standard InChI is InChI=1S/C17H15N3O3/c21-14(15-7-4-8-23-15)11-20-17(22)13-9-18-16(19-10-13)12-5-2-1-3-6-12/h1-10,14,21H,11H2,(H,20,22). The zero-order chi connectivity index (χ0) is 16.1. The van der Waals surface area contributed by atoms with E-state index < -0.39 is 6.10 Å². The number of carbonyl (C=O) groups is 1. The molecule has 3 aromatic rings. The van der Waals surface area contributed by atoms with Crippen molar-refractivity contribution in [2.45, 2.75) is 6.10 Å². The largest absolute Gasteiger partial charge is 0.467 e. The van der Waals surface area contributed by atoms with Crippen LogP contribution in [0.3, 0.4) is 0 Å². The summed E-state index contributed by atoms with van der Waals surface area (Å²) in [5, 5.41) is 12.5. The molecule has 23 heavy (non-hydrogen) atoms. The van der Waals surface area contributed by atoms with Crippen molar-refractivity contribution in [3.63, 3.8) is 0 Å². The molecule has 0 fully saturated rings. The average molecular weight is 309 g/mol. The van der Waals surface area contributed by atoms with Crippen LogP contribution >= 0.6 is 0 Å². The van der Waals surface area contributed by atoms with Gasteiger partial charge in [0.05, 0.1) is 18.4 Å². The van der Waals surface area contributed by atoms with Crippen LogP contribution in [0.25, 0.3) is 11.4 Å². The number of rotatable bonds is 5. The second-order valence-corrected chi connectivity index (χ2v) is 4.90. The number of hydrogen-bond donors (Lipinski definition) is 2. The topological polar surface area (TPSA) is 88.2 Å². The zero-order valence-electron chi connectivity index (χ0n) is 12.2. The minimum absolute atomic E-state index is 0.0484. The summed E-state index contributed by atoms with van der Waals surface area (Å²) in [7, 11) is 0. The van der Waals surface area contributed by atoms with E-state index in [4.69, 9.17) is 4.42 Å². The van der Waals surface area contributed by atoms with E-state index in [2.05, 4.69) is 15.3 Å². The molecule has 0 saturated heterocycles. The van der Waals surface area contributed by atoms with E-state index >= 15 is 0 Å². The number of furan rings is 1. The van der Waals surface area contributed by atoms with Crippen LogP contribution in [0.2, 0.25) is 0 Å². The Balaban J connectivity index is 1.62. The highest BCUT2D eigenvalue weighted by atomic mass is 16.4. The van der Waals surface area contributed by atoms with Crippen LogP contribution in [-0.2, 0) is 0 Å². The van der Waals surface area contributed by atoms with Crippen molar-refractivity contribution in [2.75, 3.05) is 6.54 Å². The van der Waals surface area contributed by atoms with Crippen LogP contribution in [0, 0.1) is 0 Å². The van der Waals surface area contributed by atoms with Crippen LogP contribution in [0.5, 0.6) is 0 Å². The molecule has 6 heteroatoms. The monoisotopic (exact) mass is 309 g/mol. The quantitative estimate of drug-likeness (QED) is 0.754. The SMILES string of the molecule is O=C(NCC(O)c1ccco1)c1cnc(-c2ccccc2)nc1. The van der Waals surface area contributed by atoms with Gasteiger partial charge in [0.1, 0.15) is 11.9 Å². The Morgan fingerprint density at radius 2 is 1.87 bits per heavy atom. The predicted molar refractivity (Wildman–Crippen MR) is 83.5 cm³/mol. The Kier molecular flexibility index (Phi) is 4.44. The minimum atomic E-state index is -0.890. The van der Waals surface area contributed by atoms with Crippen LogP contribution in [0.4, 0.5) is 0 Å². The molecule has 0 aliphatic carbocycles. The number of nitrogens with zero attached hydrogens (tertiary/aromatic N) is 2. The van der Waals surface area contributed by atoms with Crippen molar-refractivity contribution < 1.29 is 14.3 Å². The van der Waals surface area contributed by atoms with Gasteiger partial charge in [0, 0.05) is 18.0 Å². The highest BCUT2D eigenvalue weighted by Gasteiger charge is 2.13. The number of nitrogens with one attached hydrogen (secondary N) is 1. The highest BCUT2D eigenvalue weighted by molar-refractivity contribution is 5.93. The molecule has 0 saturated carbocycles. The number of hydrogen-bond acceptors (Lipinski definition) is 5. The third-order valence-corrected chi connectivity index (χ3v) is 3.27. The lowest BCUT2D eigenvalue weighted by molar-refractivity contribution is 0.0900. The molecule has 0 aliphatic heterocycles. The Hall–Kier alpha value is -2.99. The van der Waals surface area contributed by atoms with Crippen molar-refractivity contribution in [2.24, 2.45) is 0 Å². The van der Waals surface area contributed by atoms with E-state index in [9.17, 15) is 9.90 Å². The second-order valence-electron chi connectivity index (χ2n) is 4.90. The Labute approximate surface area is 132 Å². The average Bonchev–Trinajstić information content (AvgIpc) is 3.15. The first-order chi connectivity index (χ1) is 11.2. The van der Waals surface area contributed by atoms with Crippen LogP contribution in [0.1, 0.15) is 22.2 Å². The predicted octanol–water partition coefficient (Wildman–Crippen LogP) is 2.20. The smallest absolute Gasteiger partial charge is 0.254 e. The number of aliphatic hydroxyl groups is 1. The summed E-state index contributed by atoms with van der Waals surface area (Å²) in [5.74, 6) is 0.606. The molecular weight excluding hydrogens is 294 g/mol. The third-order valence-electron chi connectivity index (χ3n) is 3.27. The summed E-state index contributed by atoms with van der Waals surface area (Å²) in [6.07, 6.45) is 3.50. The Morgan fingerprint density at radius 3 is 2.52 bits per heavy atom. The Morgan fingerprint density at radius 1 is 1.13 bits per heavy atom. The molecule has 6 nitrogen and oxygen atoms in total. The summed E-state index contributed by atoms with van der Waals surface area (Å²) >= 11 is 0. The number of aromatic nitrogens is 2. The highest BCUT2D eigenvalue weighted by Crippen LogP contribution is 2.14. The van der Waals surface area contributed by atoms with Gasteiger partial charge in [-0.25, -0.2) is 9.97 Å². The molecular formula is C17H15N3O3. The molecule has 116 valence electrons. The maximum absolute atomic E-state index is 12.0. The minimum Gasteiger partial charge on any atom is -0.467 e. The second kappa shape index (κ2) is 6.85. The summed E-state index contributed by atoms with van der Waals surface area (Å²) in [6, 6.07) is 12.8. The lowest BCUT2D eigenvalue weighted by Gasteiger charge is -2.09. The van der Waals surface area contributed by atoms with Gasteiger partial charge in [-0.3, -0.25) is 4.79 Å². The molecule has 1 amide bonds. The van der Waals surface area contributed by atoms with Gasteiger partial charge in [-0.1, -0.05) is 30.3 Å². The summed E-state index contributed by atoms with van der Waals surface area (Å²) in [6.45, 7) is 0.0484. The molecule has 0 spiro atoms. The fourth-order valence-electron chi connectivity index (χ4n) is 2.05. The van der Waals surface area contributed by atoms with Crippen molar-refractivity contribution in [1.82, 2.24) is 15.3 Å². The normalized spacial score (nSPS) is 11.9. The Bertz CT molecular complexity index is 756. The van der Waals surface area contributed by atoms with Gasteiger partial charge < -0.3 is 14.8 Å². The number of carbonyl (C=O) groups excluding carboxylic acids is 1. The van der Waals surface area contributed by atoms with E-state index in [-0.39, 0.29) is 12.5 Å². The van der Waals surface area contributed by atoms with Gasteiger partial charge in [0.15, 0.2) is 5.82 Å². The van der Waals surface area contributed by atoms with Crippen molar-refractivity contribution in [1.29, 1.82) is 0 Å². The fraction of sp³-hybridized carbons (Fsp3) is 0.118. The summed E-state index contributed by atoms with van der Waals surface area (Å²) in [5.41, 5.74) is 1.21. The molecule has 1 unspecified atom stereocenters. The third kappa shape index (κ3) is 3.61. The molecule has 1 atom stereocenters. The molecule has 1 aromatic carbocycles. The van der Waals surface area contributed by atoms with Gasteiger partial charge >= 0.3 is 0 Å². The van der Waals surface area contributed by atoms with Gasteiger partial charge in [-0.05, 0) is 12.1 Å². The lowest BCUT2D eigenvalue weighted by Crippen LogP contribution is -2.28. The molecule has 3 rings (SSSR count). The maximum atomic E-state index is 12.0. The van der Waals surface area contributed by atoms with E-state index in [0.717, 1.165) is 5.56 Å². The van der Waals surface area contributed by atoms with Crippen LogP contribution in [-0.4, -0.2) is 27.5 Å². The molecule has 0 bridgehead atoms. The van der Waals surface area contributed by atoms with E-state index in [1.54, 1.807) is 12.1 Å².